The number of hydrogen-bond acceptors (Lipinski definition) is 4. The third-order valence-corrected chi connectivity index (χ3v) is 2.78. The van der Waals surface area contributed by atoms with Crippen LogP contribution in [0.4, 0.5) is 0 Å². The van der Waals surface area contributed by atoms with E-state index >= 15 is 0 Å². The number of pyridine rings is 2. The molecule has 0 saturated carbocycles. The number of hydrogen-bond donors (Lipinski definition) is 1. The summed E-state index contributed by atoms with van der Waals surface area (Å²) >= 11 is 1.54. The molecule has 2 heterocycles. The zero-order valence-corrected chi connectivity index (χ0v) is 8.95. The van der Waals surface area contributed by atoms with Crippen molar-refractivity contribution in [2.75, 3.05) is 0 Å². The standard InChI is InChI=1S/C11H11N3S/c12-7-9-4-5-11(14-8-9)15-10-3-1-2-6-13-10/h1-6,8H,7,12H2. The van der Waals surface area contributed by atoms with Crippen LogP contribution in [-0.2, 0) is 6.54 Å². The lowest BCUT2D eigenvalue weighted by molar-refractivity contribution is 1.01. The molecule has 0 spiro atoms. The second-order valence-electron chi connectivity index (χ2n) is 2.98. The number of rotatable bonds is 3. The second kappa shape index (κ2) is 4.91. The SMILES string of the molecule is NCc1ccc(Sc2ccccn2)nc1. The van der Waals surface area contributed by atoms with E-state index in [1.54, 1.807) is 24.2 Å². The van der Waals surface area contributed by atoms with Crippen LogP contribution in [0.2, 0.25) is 0 Å². The highest BCUT2D eigenvalue weighted by atomic mass is 32.2. The summed E-state index contributed by atoms with van der Waals surface area (Å²) in [6, 6.07) is 9.77. The number of nitrogens with two attached hydrogens (primary N) is 1. The summed E-state index contributed by atoms with van der Waals surface area (Å²) in [5.41, 5.74) is 6.54. The average Bonchev–Trinajstić information content (AvgIpc) is 2.31. The largest absolute Gasteiger partial charge is 0.326 e. The van der Waals surface area contributed by atoms with Crippen LogP contribution in [0.3, 0.4) is 0 Å². The quantitative estimate of drug-likeness (QED) is 0.855. The van der Waals surface area contributed by atoms with Crippen molar-refractivity contribution in [3.63, 3.8) is 0 Å². The molecule has 0 aliphatic rings. The third-order valence-electron chi connectivity index (χ3n) is 1.88. The van der Waals surface area contributed by atoms with Gasteiger partial charge in [-0.15, -0.1) is 0 Å². The van der Waals surface area contributed by atoms with Gasteiger partial charge >= 0.3 is 0 Å². The Balaban J connectivity index is 2.11. The van der Waals surface area contributed by atoms with Crippen molar-refractivity contribution in [3.8, 4) is 0 Å². The molecule has 15 heavy (non-hydrogen) atoms. The van der Waals surface area contributed by atoms with Gasteiger partial charge in [0.2, 0.25) is 0 Å². The fourth-order valence-corrected chi connectivity index (χ4v) is 1.82. The highest BCUT2D eigenvalue weighted by Crippen LogP contribution is 2.23. The van der Waals surface area contributed by atoms with Gasteiger partial charge in [-0.1, -0.05) is 23.9 Å². The van der Waals surface area contributed by atoms with Crippen molar-refractivity contribution in [2.45, 2.75) is 16.6 Å². The van der Waals surface area contributed by atoms with Crippen molar-refractivity contribution in [3.05, 3.63) is 48.3 Å². The normalized spacial score (nSPS) is 10.2. The molecule has 0 aliphatic carbocycles. The Hall–Kier alpha value is -1.39. The molecule has 4 heteroatoms. The Morgan fingerprint density at radius 2 is 1.93 bits per heavy atom. The van der Waals surface area contributed by atoms with Gasteiger partial charge in [-0.2, -0.15) is 0 Å². The first kappa shape index (κ1) is 10.1. The van der Waals surface area contributed by atoms with Gasteiger partial charge in [0.25, 0.3) is 0 Å². The van der Waals surface area contributed by atoms with Gasteiger partial charge < -0.3 is 5.73 Å². The van der Waals surface area contributed by atoms with Crippen LogP contribution in [0, 0.1) is 0 Å². The molecular weight excluding hydrogens is 206 g/mol. The van der Waals surface area contributed by atoms with Crippen LogP contribution >= 0.6 is 11.8 Å². The minimum absolute atomic E-state index is 0.529. The summed E-state index contributed by atoms with van der Waals surface area (Å²) < 4.78 is 0. The molecule has 3 nitrogen and oxygen atoms in total. The molecule has 2 aromatic rings. The molecule has 0 aliphatic heterocycles. The first-order chi connectivity index (χ1) is 7.38. The zero-order valence-electron chi connectivity index (χ0n) is 8.13. The van der Waals surface area contributed by atoms with Gasteiger partial charge in [-0.25, -0.2) is 9.97 Å². The van der Waals surface area contributed by atoms with Crippen LogP contribution in [0.15, 0.2) is 52.8 Å². The monoisotopic (exact) mass is 217 g/mol. The molecule has 0 atom stereocenters. The van der Waals surface area contributed by atoms with Crippen molar-refractivity contribution in [2.24, 2.45) is 5.73 Å². The molecule has 0 bridgehead atoms. The van der Waals surface area contributed by atoms with E-state index in [4.69, 9.17) is 5.73 Å². The van der Waals surface area contributed by atoms with E-state index in [0.29, 0.717) is 6.54 Å². The lowest BCUT2D eigenvalue weighted by Crippen LogP contribution is -1.96. The molecular formula is C11H11N3S. The highest BCUT2D eigenvalue weighted by Gasteiger charge is 1.98. The molecule has 0 saturated heterocycles. The van der Waals surface area contributed by atoms with E-state index in [0.717, 1.165) is 15.6 Å². The van der Waals surface area contributed by atoms with Gasteiger partial charge in [0.05, 0.1) is 0 Å². The summed E-state index contributed by atoms with van der Waals surface area (Å²) in [6.45, 7) is 0.529. The Morgan fingerprint density at radius 1 is 1.07 bits per heavy atom. The zero-order chi connectivity index (χ0) is 10.5. The Morgan fingerprint density at radius 3 is 2.53 bits per heavy atom. The van der Waals surface area contributed by atoms with E-state index in [1.807, 2.05) is 30.3 Å². The fourth-order valence-electron chi connectivity index (χ4n) is 1.11. The maximum absolute atomic E-state index is 5.49. The Kier molecular flexibility index (Phi) is 3.32. The Labute approximate surface area is 92.8 Å². The van der Waals surface area contributed by atoms with Gasteiger partial charge in [-0.3, -0.25) is 0 Å². The average molecular weight is 217 g/mol. The van der Waals surface area contributed by atoms with Crippen LogP contribution in [0.1, 0.15) is 5.56 Å². The highest BCUT2D eigenvalue weighted by molar-refractivity contribution is 7.99. The second-order valence-corrected chi connectivity index (χ2v) is 4.02. The minimum Gasteiger partial charge on any atom is -0.326 e. The van der Waals surface area contributed by atoms with Gasteiger partial charge in [0.15, 0.2) is 0 Å². The molecule has 0 aromatic carbocycles. The molecule has 0 radical (unpaired) electrons. The summed E-state index contributed by atoms with van der Waals surface area (Å²) in [4.78, 5) is 8.50. The van der Waals surface area contributed by atoms with Gasteiger partial charge in [0.1, 0.15) is 10.1 Å². The smallest absolute Gasteiger partial charge is 0.102 e. The summed E-state index contributed by atoms with van der Waals surface area (Å²) in [5, 5.41) is 1.89. The van der Waals surface area contributed by atoms with Crippen molar-refractivity contribution >= 4 is 11.8 Å². The van der Waals surface area contributed by atoms with Crippen molar-refractivity contribution < 1.29 is 0 Å². The number of nitrogens with zero attached hydrogens (tertiary/aromatic N) is 2. The fraction of sp³-hybridized carbons (Fsp3) is 0.0909. The summed E-state index contributed by atoms with van der Waals surface area (Å²) in [6.07, 6.45) is 3.57. The predicted octanol–water partition coefficient (Wildman–Crippen LogP) is 2.09. The van der Waals surface area contributed by atoms with E-state index in [-0.39, 0.29) is 0 Å². The van der Waals surface area contributed by atoms with E-state index in [1.165, 1.54) is 0 Å². The third kappa shape index (κ3) is 2.78. The lowest BCUT2D eigenvalue weighted by atomic mass is 10.3. The predicted molar refractivity (Wildman–Crippen MR) is 60.5 cm³/mol. The van der Waals surface area contributed by atoms with Crippen molar-refractivity contribution in [1.29, 1.82) is 0 Å². The van der Waals surface area contributed by atoms with Gasteiger partial charge in [0, 0.05) is 18.9 Å². The Bertz CT molecular complexity index is 414. The van der Waals surface area contributed by atoms with Gasteiger partial charge in [-0.05, 0) is 23.8 Å². The van der Waals surface area contributed by atoms with Crippen molar-refractivity contribution in [1.82, 2.24) is 9.97 Å². The minimum atomic E-state index is 0.529. The van der Waals surface area contributed by atoms with Crippen LogP contribution in [0.25, 0.3) is 0 Å². The molecule has 2 N–H and O–H groups in total. The summed E-state index contributed by atoms with van der Waals surface area (Å²) in [7, 11) is 0. The maximum Gasteiger partial charge on any atom is 0.102 e. The molecule has 2 aromatic heterocycles. The first-order valence-corrected chi connectivity index (χ1v) is 5.44. The maximum atomic E-state index is 5.49. The van der Waals surface area contributed by atoms with E-state index in [9.17, 15) is 0 Å². The van der Waals surface area contributed by atoms with Crippen LogP contribution in [0.5, 0.6) is 0 Å². The molecule has 0 fully saturated rings. The topological polar surface area (TPSA) is 51.8 Å². The molecule has 0 unspecified atom stereocenters. The first-order valence-electron chi connectivity index (χ1n) is 4.62. The van der Waals surface area contributed by atoms with Crippen LogP contribution < -0.4 is 5.73 Å². The molecule has 2 rings (SSSR count). The molecule has 0 amide bonds. The number of aromatic nitrogens is 2. The lowest BCUT2D eigenvalue weighted by Gasteiger charge is -2.00. The summed E-state index contributed by atoms with van der Waals surface area (Å²) in [5.74, 6) is 0. The van der Waals surface area contributed by atoms with E-state index < -0.39 is 0 Å². The molecule has 76 valence electrons. The van der Waals surface area contributed by atoms with Crippen LogP contribution in [-0.4, -0.2) is 9.97 Å². The van der Waals surface area contributed by atoms with E-state index in [2.05, 4.69) is 9.97 Å².